The molecule has 0 spiro atoms. The first-order chi connectivity index (χ1) is 5.25. The van der Waals surface area contributed by atoms with E-state index in [-0.39, 0.29) is 0 Å². The molecule has 0 aliphatic heterocycles. The minimum Gasteiger partial charge on any atom is -0.328 e. The largest absolute Gasteiger partial charge is 0.328 e. The Morgan fingerprint density at radius 2 is 1.73 bits per heavy atom. The van der Waals surface area contributed by atoms with Gasteiger partial charge in [-0.2, -0.15) is 0 Å². The number of hydrogen-bond acceptors (Lipinski definition) is 1. The summed E-state index contributed by atoms with van der Waals surface area (Å²) in [4.78, 5) is 0. The van der Waals surface area contributed by atoms with Gasteiger partial charge in [-0.3, -0.25) is 0 Å². The van der Waals surface area contributed by atoms with E-state index in [1.807, 2.05) is 0 Å². The summed E-state index contributed by atoms with van der Waals surface area (Å²) in [7, 11) is 0. The highest BCUT2D eigenvalue weighted by atomic mass is 14.6. The first kappa shape index (κ1) is 7.60. The van der Waals surface area contributed by atoms with Gasteiger partial charge in [0, 0.05) is 6.04 Å². The summed E-state index contributed by atoms with van der Waals surface area (Å²) in [5.74, 6) is 3.03. The molecular formula is C10H19N. The minimum absolute atomic E-state index is 0.521. The van der Waals surface area contributed by atoms with Crippen molar-refractivity contribution >= 4 is 0 Å². The second-order valence-corrected chi connectivity index (χ2v) is 4.67. The summed E-state index contributed by atoms with van der Waals surface area (Å²) in [5.41, 5.74) is 5.98. The van der Waals surface area contributed by atoms with Gasteiger partial charge in [-0.1, -0.05) is 6.92 Å². The molecule has 2 aliphatic rings. The number of fused-ring (bicyclic) bond motifs is 1. The van der Waals surface area contributed by atoms with Crippen LogP contribution in [0.3, 0.4) is 0 Å². The van der Waals surface area contributed by atoms with E-state index in [4.69, 9.17) is 5.73 Å². The molecule has 64 valence electrons. The van der Waals surface area contributed by atoms with Crippen LogP contribution in [0, 0.1) is 17.8 Å². The highest BCUT2D eigenvalue weighted by Gasteiger charge is 2.39. The van der Waals surface area contributed by atoms with Crippen LogP contribution >= 0.6 is 0 Å². The van der Waals surface area contributed by atoms with Gasteiger partial charge in [-0.15, -0.1) is 0 Å². The molecular weight excluding hydrogens is 134 g/mol. The average Bonchev–Trinajstić information content (AvgIpc) is 2.60. The highest BCUT2D eigenvalue weighted by Crippen LogP contribution is 2.48. The van der Waals surface area contributed by atoms with Gasteiger partial charge < -0.3 is 5.73 Å². The first-order valence-electron chi connectivity index (χ1n) is 5.01. The summed E-state index contributed by atoms with van der Waals surface area (Å²) in [5, 5.41) is 0. The van der Waals surface area contributed by atoms with E-state index < -0.39 is 0 Å². The van der Waals surface area contributed by atoms with Crippen LogP contribution in [0.4, 0.5) is 0 Å². The lowest BCUT2D eigenvalue weighted by Gasteiger charge is -2.18. The summed E-state index contributed by atoms with van der Waals surface area (Å²) >= 11 is 0. The summed E-state index contributed by atoms with van der Waals surface area (Å²) in [6, 6.07) is 0.521. The minimum atomic E-state index is 0.521. The monoisotopic (exact) mass is 153 g/mol. The standard InChI is InChI=1S/C10H19N/c1-7-2-3-10(11)6-9-5-8(9)4-7/h7-10H,2-6,11H2,1H3/t7-,8?,9+,10-/m1/s1. The topological polar surface area (TPSA) is 26.0 Å². The van der Waals surface area contributed by atoms with Crippen molar-refractivity contribution in [1.29, 1.82) is 0 Å². The van der Waals surface area contributed by atoms with Crippen molar-refractivity contribution in [1.82, 2.24) is 0 Å². The van der Waals surface area contributed by atoms with Gasteiger partial charge >= 0.3 is 0 Å². The molecule has 2 rings (SSSR count). The fraction of sp³-hybridized carbons (Fsp3) is 1.00. The van der Waals surface area contributed by atoms with Crippen LogP contribution in [0.5, 0.6) is 0 Å². The molecule has 0 radical (unpaired) electrons. The van der Waals surface area contributed by atoms with Crippen LogP contribution in [0.1, 0.15) is 39.0 Å². The molecule has 11 heavy (non-hydrogen) atoms. The second-order valence-electron chi connectivity index (χ2n) is 4.67. The van der Waals surface area contributed by atoms with E-state index in [0.717, 1.165) is 17.8 Å². The molecule has 1 heteroatoms. The maximum atomic E-state index is 5.98. The Kier molecular flexibility index (Phi) is 1.92. The molecule has 1 unspecified atom stereocenters. The Morgan fingerprint density at radius 1 is 1.00 bits per heavy atom. The Morgan fingerprint density at radius 3 is 2.55 bits per heavy atom. The van der Waals surface area contributed by atoms with Gasteiger partial charge in [-0.05, 0) is 49.9 Å². The Hall–Kier alpha value is -0.0400. The molecule has 2 aliphatic carbocycles. The Balaban J connectivity index is 1.90. The summed E-state index contributed by atoms with van der Waals surface area (Å²) in [6.07, 6.45) is 6.92. The van der Waals surface area contributed by atoms with Crippen LogP contribution in [0.15, 0.2) is 0 Å². The molecule has 2 N–H and O–H groups in total. The Bertz CT molecular complexity index is 128. The van der Waals surface area contributed by atoms with E-state index in [9.17, 15) is 0 Å². The third kappa shape index (κ3) is 1.76. The zero-order valence-corrected chi connectivity index (χ0v) is 7.42. The van der Waals surface area contributed by atoms with Crippen LogP contribution in [-0.2, 0) is 0 Å². The quantitative estimate of drug-likeness (QED) is 0.567. The molecule has 0 bridgehead atoms. The zero-order chi connectivity index (χ0) is 7.84. The molecule has 0 saturated heterocycles. The van der Waals surface area contributed by atoms with Gasteiger partial charge in [0.05, 0.1) is 0 Å². The van der Waals surface area contributed by atoms with Crippen molar-refractivity contribution in [2.45, 2.75) is 45.1 Å². The van der Waals surface area contributed by atoms with Crippen LogP contribution in [0.2, 0.25) is 0 Å². The molecule has 0 amide bonds. The van der Waals surface area contributed by atoms with Crippen molar-refractivity contribution in [2.24, 2.45) is 23.5 Å². The number of rotatable bonds is 0. The van der Waals surface area contributed by atoms with Gasteiger partial charge in [0.25, 0.3) is 0 Å². The predicted molar refractivity (Wildman–Crippen MR) is 47.2 cm³/mol. The van der Waals surface area contributed by atoms with E-state index >= 15 is 0 Å². The van der Waals surface area contributed by atoms with Gasteiger partial charge in [0.1, 0.15) is 0 Å². The van der Waals surface area contributed by atoms with Gasteiger partial charge in [0.15, 0.2) is 0 Å². The maximum absolute atomic E-state index is 5.98. The van der Waals surface area contributed by atoms with Crippen molar-refractivity contribution in [3.63, 3.8) is 0 Å². The fourth-order valence-electron chi connectivity index (χ4n) is 2.53. The van der Waals surface area contributed by atoms with E-state index in [1.165, 1.54) is 32.1 Å². The average molecular weight is 153 g/mol. The third-order valence-corrected chi connectivity index (χ3v) is 3.41. The highest BCUT2D eigenvalue weighted by molar-refractivity contribution is 4.91. The molecule has 1 nitrogen and oxygen atoms in total. The third-order valence-electron chi connectivity index (χ3n) is 3.41. The molecule has 2 fully saturated rings. The maximum Gasteiger partial charge on any atom is 0.00416 e. The van der Waals surface area contributed by atoms with E-state index in [2.05, 4.69) is 6.92 Å². The zero-order valence-electron chi connectivity index (χ0n) is 7.42. The fourth-order valence-corrected chi connectivity index (χ4v) is 2.53. The number of nitrogens with two attached hydrogens (primary N) is 1. The van der Waals surface area contributed by atoms with E-state index in [0.29, 0.717) is 6.04 Å². The van der Waals surface area contributed by atoms with Crippen molar-refractivity contribution in [2.75, 3.05) is 0 Å². The molecule has 0 aromatic rings. The normalized spacial score (nSPS) is 50.7. The lowest BCUT2D eigenvalue weighted by atomic mass is 9.90. The smallest absolute Gasteiger partial charge is 0.00416 e. The number of hydrogen-bond donors (Lipinski definition) is 1. The molecule has 4 atom stereocenters. The van der Waals surface area contributed by atoms with E-state index in [1.54, 1.807) is 0 Å². The SMILES string of the molecule is C[C@@H]1CC[C@@H](N)C[C@@H]2CC2C1. The van der Waals surface area contributed by atoms with Crippen molar-refractivity contribution in [3.8, 4) is 0 Å². The second kappa shape index (κ2) is 2.78. The predicted octanol–water partition coefficient (Wildman–Crippen LogP) is 2.16. The summed E-state index contributed by atoms with van der Waals surface area (Å²) in [6.45, 7) is 2.38. The molecule has 0 heterocycles. The summed E-state index contributed by atoms with van der Waals surface area (Å²) < 4.78 is 0. The van der Waals surface area contributed by atoms with Gasteiger partial charge in [-0.25, -0.2) is 0 Å². The van der Waals surface area contributed by atoms with Gasteiger partial charge in [0.2, 0.25) is 0 Å². The molecule has 2 saturated carbocycles. The Labute approximate surface area is 69.4 Å². The molecule has 0 aromatic heterocycles. The lowest BCUT2D eigenvalue weighted by Crippen LogP contribution is -2.23. The van der Waals surface area contributed by atoms with Crippen LogP contribution in [0.25, 0.3) is 0 Å². The van der Waals surface area contributed by atoms with Crippen LogP contribution < -0.4 is 5.73 Å². The van der Waals surface area contributed by atoms with Crippen molar-refractivity contribution in [3.05, 3.63) is 0 Å². The molecule has 0 aromatic carbocycles. The van der Waals surface area contributed by atoms with Crippen molar-refractivity contribution < 1.29 is 0 Å². The van der Waals surface area contributed by atoms with Crippen LogP contribution in [-0.4, -0.2) is 6.04 Å². The lowest BCUT2D eigenvalue weighted by molar-refractivity contribution is 0.363. The first-order valence-corrected chi connectivity index (χ1v) is 5.01.